The molecule has 3 rings (SSSR count). The first-order valence-electron chi connectivity index (χ1n) is 11.3. The minimum atomic E-state index is -0.0603. The van der Waals surface area contributed by atoms with E-state index in [1.165, 1.54) is 12.8 Å². The number of nitrogens with one attached hydrogen (secondary N) is 1. The van der Waals surface area contributed by atoms with Crippen LogP contribution in [-0.4, -0.2) is 68.6 Å². The van der Waals surface area contributed by atoms with Crippen molar-refractivity contribution in [2.24, 2.45) is 4.99 Å². The van der Waals surface area contributed by atoms with Gasteiger partial charge >= 0.3 is 0 Å². The standard InChI is InChI=1S/C23H36ClN3O3/c1-3-25-23(26-16-18(2)30-22-10-5-4-9-21(22)24)27-13-11-19(12-14-27)29-17-20-8-6-7-15-28-20/h4-5,9-10,18-20H,3,6-8,11-17H2,1-2H3,(H,25,26). The molecule has 0 radical (unpaired) electrons. The Morgan fingerprint density at radius 3 is 2.77 bits per heavy atom. The van der Waals surface area contributed by atoms with Gasteiger partial charge in [-0.1, -0.05) is 23.7 Å². The summed E-state index contributed by atoms with van der Waals surface area (Å²) in [5.41, 5.74) is 0. The van der Waals surface area contributed by atoms with E-state index >= 15 is 0 Å². The fraction of sp³-hybridized carbons (Fsp3) is 0.696. The molecular weight excluding hydrogens is 402 g/mol. The highest BCUT2D eigenvalue weighted by atomic mass is 35.5. The van der Waals surface area contributed by atoms with Gasteiger partial charge in [0.1, 0.15) is 11.9 Å². The number of hydrogen-bond acceptors (Lipinski definition) is 4. The van der Waals surface area contributed by atoms with E-state index in [-0.39, 0.29) is 12.2 Å². The van der Waals surface area contributed by atoms with Crippen LogP contribution in [0.1, 0.15) is 46.0 Å². The number of guanidine groups is 1. The third-order valence-corrected chi connectivity index (χ3v) is 5.84. The minimum absolute atomic E-state index is 0.0603. The van der Waals surface area contributed by atoms with Crippen molar-refractivity contribution in [3.05, 3.63) is 29.3 Å². The van der Waals surface area contributed by atoms with Crippen molar-refractivity contribution in [3.8, 4) is 5.75 Å². The van der Waals surface area contributed by atoms with Crippen molar-refractivity contribution >= 4 is 17.6 Å². The average molecular weight is 438 g/mol. The fourth-order valence-electron chi connectivity index (χ4n) is 3.85. The van der Waals surface area contributed by atoms with Crippen molar-refractivity contribution in [2.45, 2.75) is 64.3 Å². The van der Waals surface area contributed by atoms with Crippen LogP contribution in [0.3, 0.4) is 0 Å². The second-order valence-corrected chi connectivity index (χ2v) is 8.47. The smallest absolute Gasteiger partial charge is 0.194 e. The summed E-state index contributed by atoms with van der Waals surface area (Å²) in [7, 11) is 0. The minimum Gasteiger partial charge on any atom is -0.487 e. The van der Waals surface area contributed by atoms with E-state index in [0.29, 0.717) is 23.4 Å². The normalized spacial score (nSPS) is 22.0. The molecule has 0 bridgehead atoms. The Hall–Kier alpha value is -1.50. The van der Waals surface area contributed by atoms with E-state index in [9.17, 15) is 0 Å². The van der Waals surface area contributed by atoms with Crippen LogP contribution in [-0.2, 0) is 9.47 Å². The van der Waals surface area contributed by atoms with Gasteiger partial charge in [-0.2, -0.15) is 0 Å². The van der Waals surface area contributed by atoms with Crippen molar-refractivity contribution < 1.29 is 14.2 Å². The highest BCUT2D eigenvalue weighted by Gasteiger charge is 2.24. The monoisotopic (exact) mass is 437 g/mol. The van der Waals surface area contributed by atoms with E-state index in [2.05, 4.69) is 17.1 Å². The maximum Gasteiger partial charge on any atom is 0.194 e. The molecule has 0 aliphatic carbocycles. The number of nitrogens with zero attached hydrogens (tertiary/aromatic N) is 2. The first kappa shape index (κ1) is 23.2. The third-order valence-electron chi connectivity index (χ3n) is 5.53. The lowest BCUT2D eigenvalue weighted by atomic mass is 10.1. The predicted molar refractivity (Wildman–Crippen MR) is 122 cm³/mol. The van der Waals surface area contributed by atoms with Crippen LogP contribution in [0.25, 0.3) is 0 Å². The highest BCUT2D eigenvalue weighted by Crippen LogP contribution is 2.24. The number of piperidine rings is 1. The van der Waals surface area contributed by atoms with E-state index in [4.69, 9.17) is 30.8 Å². The number of likely N-dealkylation sites (tertiary alicyclic amines) is 1. The van der Waals surface area contributed by atoms with Gasteiger partial charge in [-0.3, -0.25) is 0 Å². The van der Waals surface area contributed by atoms with Crippen LogP contribution in [0, 0.1) is 0 Å². The number of ether oxygens (including phenoxy) is 3. The van der Waals surface area contributed by atoms with Crippen LogP contribution in [0.2, 0.25) is 5.02 Å². The lowest BCUT2D eigenvalue weighted by Crippen LogP contribution is -2.47. The number of hydrogen-bond donors (Lipinski definition) is 1. The van der Waals surface area contributed by atoms with Gasteiger partial charge < -0.3 is 24.4 Å². The van der Waals surface area contributed by atoms with Crippen molar-refractivity contribution in [1.29, 1.82) is 0 Å². The van der Waals surface area contributed by atoms with Gasteiger partial charge in [-0.05, 0) is 58.1 Å². The number of rotatable bonds is 8. The number of aliphatic imine (C=N–C) groups is 1. The lowest BCUT2D eigenvalue weighted by molar-refractivity contribution is -0.0721. The number of para-hydroxylation sites is 1. The Balaban J connectivity index is 1.44. The second kappa shape index (κ2) is 12.4. The summed E-state index contributed by atoms with van der Waals surface area (Å²) in [6, 6.07) is 7.55. The summed E-state index contributed by atoms with van der Waals surface area (Å²) < 4.78 is 17.9. The maximum atomic E-state index is 6.19. The quantitative estimate of drug-likeness (QED) is 0.489. The molecule has 2 fully saturated rings. The molecule has 2 aliphatic heterocycles. The molecule has 2 atom stereocenters. The van der Waals surface area contributed by atoms with Gasteiger partial charge in [0.25, 0.3) is 0 Å². The lowest BCUT2D eigenvalue weighted by Gasteiger charge is -2.35. The molecule has 168 valence electrons. The molecule has 2 saturated heterocycles. The fourth-order valence-corrected chi connectivity index (χ4v) is 4.03. The molecule has 0 spiro atoms. The molecule has 2 unspecified atom stereocenters. The Morgan fingerprint density at radius 2 is 2.07 bits per heavy atom. The molecular formula is C23H36ClN3O3. The van der Waals surface area contributed by atoms with E-state index < -0.39 is 0 Å². The first-order chi connectivity index (χ1) is 14.7. The summed E-state index contributed by atoms with van der Waals surface area (Å²) in [6.07, 6.45) is 6.15. The molecule has 2 aliphatic rings. The van der Waals surface area contributed by atoms with Gasteiger partial charge in [-0.15, -0.1) is 0 Å². The molecule has 0 aromatic heterocycles. The molecule has 0 amide bonds. The summed E-state index contributed by atoms with van der Waals surface area (Å²) in [4.78, 5) is 7.13. The zero-order valence-electron chi connectivity index (χ0n) is 18.3. The third kappa shape index (κ3) is 7.33. The van der Waals surface area contributed by atoms with Crippen LogP contribution in [0.5, 0.6) is 5.75 Å². The first-order valence-corrected chi connectivity index (χ1v) is 11.7. The van der Waals surface area contributed by atoms with Crippen LogP contribution < -0.4 is 10.1 Å². The van der Waals surface area contributed by atoms with Gasteiger partial charge in [-0.25, -0.2) is 4.99 Å². The SMILES string of the molecule is CCNC(=NCC(C)Oc1ccccc1Cl)N1CCC(OCC2CCCCO2)CC1. The number of halogens is 1. The Bertz CT molecular complexity index is 659. The molecule has 1 aromatic carbocycles. The largest absolute Gasteiger partial charge is 0.487 e. The maximum absolute atomic E-state index is 6.19. The van der Waals surface area contributed by atoms with Crippen LogP contribution in [0.15, 0.2) is 29.3 Å². The molecule has 6 nitrogen and oxygen atoms in total. The van der Waals surface area contributed by atoms with Crippen molar-refractivity contribution in [1.82, 2.24) is 10.2 Å². The summed E-state index contributed by atoms with van der Waals surface area (Å²) in [5, 5.41) is 4.04. The van der Waals surface area contributed by atoms with Crippen molar-refractivity contribution in [3.63, 3.8) is 0 Å². The van der Waals surface area contributed by atoms with E-state index in [1.807, 2.05) is 31.2 Å². The molecule has 0 saturated carbocycles. The predicted octanol–water partition coefficient (Wildman–Crippen LogP) is 4.12. The van der Waals surface area contributed by atoms with Gasteiger partial charge in [0.05, 0.1) is 30.4 Å². The summed E-state index contributed by atoms with van der Waals surface area (Å²) >= 11 is 6.19. The Kier molecular flexibility index (Phi) is 9.56. The molecule has 1 aromatic rings. The van der Waals surface area contributed by atoms with Gasteiger partial charge in [0, 0.05) is 26.2 Å². The Morgan fingerprint density at radius 1 is 1.27 bits per heavy atom. The summed E-state index contributed by atoms with van der Waals surface area (Å²) in [5.74, 6) is 1.65. The highest BCUT2D eigenvalue weighted by molar-refractivity contribution is 6.32. The Labute approximate surface area is 185 Å². The molecule has 30 heavy (non-hydrogen) atoms. The van der Waals surface area contributed by atoms with E-state index in [1.54, 1.807) is 0 Å². The molecule has 7 heteroatoms. The molecule has 2 heterocycles. The zero-order valence-corrected chi connectivity index (χ0v) is 19.1. The van der Waals surface area contributed by atoms with E-state index in [0.717, 1.165) is 58.1 Å². The topological polar surface area (TPSA) is 55.3 Å². The van der Waals surface area contributed by atoms with Crippen LogP contribution >= 0.6 is 11.6 Å². The van der Waals surface area contributed by atoms with Gasteiger partial charge in [0.2, 0.25) is 0 Å². The second-order valence-electron chi connectivity index (χ2n) is 8.06. The average Bonchev–Trinajstić information content (AvgIpc) is 2.78. The molecule has 1 N–H and O–H groups in total. The zero-order chi connectivity index (χ0) is 21.2. The van der Waals surface area contributed by atoms with Crippen molar-refractivity contribution in [2.75, 3.05) is 39.4 Å². The van der Waals surface area contributed by atoms with Crippen LogP contribution in [0.4, 0.5) is 0 Å². The number of benzene rings is 1. The van der Waals surface area contributed by atoms with Gasteiger partial charge in [0.15, 0.2) is 5.96 Å². The summed E-state index contributed by atoms with van der Waals surface area (Å²) in [6.45, 7) is 9.03.